The Balaban J connectivity index is 2.21. The Hall–Kier alpha value is -2.67. The molecular weight excluding hydrogens is 338 g/mol. The zero-order valence-electron chi connectivity index (χ0n) is 15.4. The highest BCUT2D eigenvalue weighted by molar-refractivity contribution is 5.96. The number of hydrogen-bond acceptors (Lipinski definition) is 6. The van der Waals surface area contributed by atoms with Crippen LogP contribution >= 0.6 is 0 Å². The zero-order chi connectivity index (χ0) is 19.3. The van der Waals surface area contributed by atoms with Gasteiger partial charge in [-0.3, -0.25) is 9.59 Å². The van der Waals surface area contributed by atoms with Crippen molar-refractivity contribution in [1.29, 1.82) is 0 Å². The van der Waals surface area contributed by atoms with E-state index in [1.807, 2.05) is 0 Å². The molecule has 0 saturated heterocycles. The standard InChI is InChI=1S/C19H23NO6/c1-19(2,3)18(23)25-13-7-6-12-10-14(17(22)26-15(12)11-13)16(21)20-8-5-9-24-4/h6-7,10-11H,5,8-9H2,1-4H3,(H,20,21). The van der Waals surface area contributed by atoms with Gasteiger partial charge < -0.3 is 19.2 Å². The summed E-state index contributed by atoms with van der Waals surface area (Å²) in [5, 5.41) is 3.20. The van der Waals surface area contributed by atoms with Gasteiger partial charge in [-0.15, -0.1) is 0 Å². The minimum Gasteiger partial charge on any atom is -0.426 e. The molecule has 0 aliphatic heterocycles. The quantitative estimate of drug-likeness (QED) is 0.368. The van der Waals surface area contributed by atoms with Crippen LogP contribution in [0.25, 0.3) is 11.0 Å². The predicted molar refractivity (Wildman–Crippen MR) is 96.4 cm³/mol. The molecule has 2 aromatic rings. The summed E-state index contributed by atoms with van der Waals surface area (Å²) < 4.78 is 15.4. The molecule has 0 saturated carbocycles. The Morgan fingerprint density at radius 1 is 1.19 bits per heavy atom. The molecule has 0 fully saturated rings. The lowest BCUT2D eigenvalue weighted by atomic mass is 9.97. The number of amides is 1. The SMILES string of the molecule is COCCCNC(=O)c1cc2ccc(OC(=O)C(C)(C)C)cc2oc1=O. The molecule has 0 unspecified atom stereocenters. The molecule has 0 radical (unpaired) electrons. The maximum absolute atomic E-state index is 12.1. The van der Waals surface area contributed by atoms with Gasteiger partial charge in [0.1, 0.15) is 16.9 Å². The molecule has 1 N–H and O–H groups in total. The van der Waals surface area contributed by atoms with Crippen LogP contribution in [0, 0.1) is 5.41 Å². The van der Waals surface area contributed by atoms with Gasteiger partial charge in [0.25, 0.3) is 5.91 Å². The van der Waals surface area contributed by atoms with Gasteiger partial charge in [0.05, 0.1) is 5.41 Å². The van der Waals surface area contributed by atoms with Crippen LogP contribution in [0.5, 0.6) is 5.75 Å². The molecule has 1 aromatic carbocycles. The van der Waals surface area contributed by atoms with E-state index in [4.69, 9.17) is 13.9 Å². The van der Waals surface area contributed by atoms with Gasteiger partial charge in [-0.05, 0) is 45.4 Å². The lowest BCUT2D eigenvalue weighted by Gasteiger charge is -2.16. The van der Waals surface area contributed by atoms with E-state index in [0.29, 0.717) is 25.0 Å². The molecule has 0 aliphatic rings. The summed E-state index contributed by atoms with van der Waals surface area (Å²) in [6, 6.07) is 6.14. The van der Waals surface area contributed by atoms with Crippen molar-refractivity contribution in [2.24, 2.45) is 5.41 Å². The van der Waals surface area contributed by atoms with Crippen molar-refractivity contribution in [3.05, 3.63) is 40.2 Å². The number of nitrogens with one attached hydrogen (secondary N) is 1. The Morgan fingerprint density at radius 2 is 1.92 bits per heavy atom. The number of benzene rings is 1. The van der Waals surface area contributed by atoms with Crippen LogP contribution in [0.2, 0.25) is 0 Å². The van der Waals surface area contributed by atoms with E-state index in [1.165, 1.54) is 12.1 Å². The summed E-state index contributed by atoms with van der Waals surface area (Å²) in [6.07, 6.45) is 0.643. The van der Waals surface area contributed by atoms with Crippen LogP contribution in [0.4, 0.5) is 0 Å². The first-order chi connectivity index (χ1) is 12.2. The topological polar surface area (TPSA) is 94.8 Å². The fourth-order valence-corrected chi connectivity index (χ4v) is 2.09. The summed E-state index contributed by atoms with van der Waals surface area (Å²) in [5.74, 6) is -0.622. The van der Waals surface area contributed by atoms with E-state index in [-0.39, 0.29) is 16.9 Å². The monoisotopic (exact) mass is 361 g/mol. The average Bonchev–Trinajstić information content (AvgIpc) is 2.57. The zero-order valence-corrected chi connectivity index (χ0v) is 15.4. The average molecular weight is 361 g/mol. The third-order valence-electron chi connectivity index (χ3n) is 3.59. The Kier molecular flexibility index (Phi) is 6.15. The summed E-state index contributed by atoms with van der Waals surface area (Å²) >= 11 is 0. The molecule has 2 rings (SSSR count). The summed E-state index contributed by atoms with van der Waals surface area (Å²) in [5.41, 5.74) is -1.24. The van der Waals surface area contributed by atoms with Crippen molar-refractivity contribution in [2.45, 2.75) is 27.2 Å². The van der Waals surface area contributed by atoms with Crippen molar-refractivity contribution in [3.8, 4) is 5.75 Å². The van der Waals surface area contributed by atoms with Crippen LogP contribution < -0.4 is 15.7 Å². The molecule has 0 bridgehead atoms. The van der Waals surface area contributed by atoms with Crippen molar-refractivity contribution in [1.82, 2.24) is 5.32 Å². The van der Waals surface area contributed by atoms with Crippen LogP contribution in [0.1, 0.15) is 37.6 Å². The number of carbonyl (C=O) groups excluding carboxylic acids is 2. The Morgan fingerprint density at radius 3 is 2.58 bits per heavy atom. The van der Waals surface area contributed by atoms with Gasteiger partial charge >= 0.3 is 11.6 Å². The van der Waals surface area contributed by atoms with Crippen molar-refractivity contribution in [3.63, 3.8) is 0 Å². The molecule has 1 aromatic heterocycles. The predicted octanol–water partition coefficient (Wildman–Crippen LogP) is 2.51. The van der Waals surface area contributed by atoms with E-state index >= 15 is 0 Å². The van der Waals surface area contributed by atoms with E-state index in [9.17, 15) is 14.4 Å². The van der Waals surface area contributed by atoms with E-state index in [1.54, 1.807) is 40.0 Å². The molecule has 7 heteroatoms. The smallest absolute Gasteiger partial charge is 0.349 e. The molecule has 26 heavy (non-hydrogen) atoms. The van der Waals surface area contributed by atoms with Crippen molar-refractivity contribution < 1.29 is 23.5 Å². The lowest BCUT2D eigenvalue weighted by Crippen LogP contribution is -2.29. The van der Waals surface area contributed by atoms with Crippen LogP contribution in [0.3, 0.4) is 0 Å². The normalized spacial score (nSPS) is 11.4. The molecule has 0 aliphatic carbocycles. The molecule has 1 heterocycles. The van der Waals surface area contributed by atoms with E-state index < -0.39 is 22.9 Å². The first-order valence-corrected chi connectivity index (χ1v) is 8.29. The number of ether oxygens (including phenoxy) is 2. The molecule has 0 spiro atoms. The number of hydrogen-bond donors (Lipinski definition) is 1. The Bertz CT molecular complexity index is 862. The second kappa shape index (κ2) is 8.14. The molecule has 140 valence electrons. The number of esters is 1. The van der Waals surface area contributed by atoms with Gasteiger partial charge in [0, 0.05) is 31.7 Å². The van der Waals surface area contributed by atoms with Crippen LogP contribution in [-0.4, -0.2) is 32.1 Å². The van der Waals surface area contributed by atoms with Crippen molar-refractivity contribution in [2.75, 3.05) is 20.3 Å². The van der Waals surface area contributed by atoms with E-state index in [0.717, 1.165) is 0 Å². The number of rotatable bonds is 6. The highest BCUT2D eigenvalue weighted by atomic mass is 16.5. The first-order valence-electron chi connectivity index (χ1n) is 8.29. The first kappa shape index (κ1) is 19.7. The molecule has 7 nitrogen and oxygen atoms in total. The molecule has 1 amide bonds. The largest absolute Gasteiger partial charge is 0.426 e. The summed E-state index contributed by atoms with van der Waals surface area (Å²) in [4.78, 5) is 36.2. The number of fused-ring (bicyclic) bond motifs is 1. The second-order valence-corrected chi connectivity index (χ2v) is 6.89. The van der Waals surface area contributed by atoms with Gasteiger partial charge in [-0.2, -0.15) is 0 Å². The maximum Gasteiger partial charge on any atom is 0.349 e. The summed E-state index contributed by atoms with van der Waals surface area (Å²) in [7, 11) is 1.58. The molecular formula is C19H23NO6. The van der Waals surface area contributed by atoms with Gasteiger partial charge in [-0.1, -0.05) is 0 Å². The summed E-state index contributed by atoms with van der Waals surface area (Å²) in [6.45, 7) is 6.14. The fourth-order valence-electron chi connectivity index (χ4n) is 2.09. The maximum atomic E-state index is 12.1. The fraction of sp³-hybridized carbons (Fsp3) is 0.421. The third-order valence-corrected chi connectivity index (χ3v) is 3.59. The Labute approximate surface area is 151 Å². The molecule has 0 atom stereocenters. The van der Waals surface area contributed by atoms with E-state index in [2.05, 4.69) is 5.32 Å². The van der Waals surface area contributed by atoms with Gasteiger partial charge in [0.15, 0.2) is 0 Å². The van der Waals surface area contributed by atoms with Crippen LogP contribution in [-0.2, 0) is 9.53 Å². The van der Waals surface area contributed by atoms with Crippen LogP contribution in [0.15, 0.2) is 33.5 Å². The van der Waals surface area contributed by atoms with Gasteiger partial charge in [-0.25, -0.2) is 4.79 Å². The van der Waals surface area contributed by atoms with Gasteiger partial charge in [0.2, 0.25) is 0 Å². The second-order valence-electron chi connectivity index (χ2n) is 6.89. The highest BCUT2D eigenvalue weighted by Gasteiger charge is 2.24. The lowest BCUT2D eigenvalue weighted by molar-refractivity contribution is -0.142. The highest BCUT2D eigenvalue weighted by Crippen LogP contribution is 2.23. The minimum absolute atomic E-state index is 0.0747. The van der Waals surface area contributed by atoms with Crippen molar-refractivity contribution >= 4 is 22.8 Å². The number of methoxy groups -OCH3 is 1. The third kappa shape index (κ3) is 4.92. The number of carbonyl (C=O) groups is 2. The minimum atomic E-state index is -0.749.